The van der Waals surface area contributed by atoms with E-state index in [2.05, 4.69) is 6.92 Å². The van der Waals surface area contributed by atoms with Crippen molar-refractivity contribution in [3.8, 4) is 0 Å². The van der Waals surface area contributed by atoms with Gasteiger partial charge in [0.05, 0.1) is 12.1 Å². The molecule has 1 fully saturated rings. The molecule has 3 unspecified atom stereocenters. The van der Waals surface area contributed by atoms with E-state index in [9.17, 15) is 4.79 Å². The average Bonchev–Trinajstić information content (AvgIpc) is 2.85. The Hall–Kier alpha value is -0.320. The zero-order valence-corrected chi connectivity index (χ0v) is 12.5. The van der Waals surface area contributed by atoms with E-state index in [1.807, 2.05) is 18.7 Å². The van der Waals surface area contributed by atoms with E-state index in [0.29, 0.717) is 13.1 Å². The number of carbonyl (C=O) groups excluding carboxylic acids is 1. The molecular formula is C13H27ClN2O2. The molecule has 4 nitrogen and oxygen atoms in total. The maximum atomic E-state index is 12.2. The summed E-state index contributed by atoms with van der Waals surface area (Å²) in [4.78, 5) is 14.0. The molecule has 1 rings (SSSR count). The van der Waals surface area contributed by atoms with Gasteiger partial charge >= 0.3 is 0 Å². The molecule has 5 heteroatoms. The lowest BCUT2D eigenvalue weighted by molar-refractivity contribution is -0.135. The molecule has 0 spiro atoms. The van der Waals surface area contributed by atoms with Gasteiger partial charge in [-0.15, -0.1) is 12.4 Å². The summed E-state index contributed by atoms with van der Waals surface area (Å²) in [6, 6.07) is -0.374. The molecule has 108 valence electrons. The molecule has 1 saturated heterocycles. The Bertz CT molecular complexity index is 245. The second kappa shape index (κ2) is 8.73. The first-order valence-electron chi connectivity index (χ1n) is 6.76. The van der Waals surface area contributed by atoms with Crippen molar-refractivity contribution in [3.63, 3.8) is 0 Å². The second-order valence-corrected chi connectivity index (χ2v) is 4.92. The standard InChI is InChI=1S/C13H26N2O2.ClH/c1-4-10(3)12(14)13(16)15(5-2)9-11-7-6-8-17-11;/h10-12H,4-9,14H2,1-3H3;1H. The summed E-state index contributed by atoms with van der Waals surface area (Å²) in [5, 5.41) is 0. The van der Waals surface area contributed by atoms with Crippen molar-refractivity contribution in [3.05, 3.63) is 0 Å². The highest BCUT2D eigenvalue weighted by Gasteiger charge is 2.27. The monoisotopic (exact) mass is 278 g/mol. The molecule has 0 saturated carbocycles. The van der Waals surface area contributed by atoms with Crippen LogP contribution in [0.15, 0.2) is 0 Å². The number of likely N-dealkylation sites (N-methyl/N-ethyl adjacent to an activating group) is 1. The first-order valence-corrected chi connectivity index (χ1v) is 6.76. The molecule has 0 radical (unpaired) electrons. The first-order chi connectivity index (χ1) is 8.10. The van der Waals surface area contributed by atoms with Crippen LogP contribution in [0, 0.1) is 5.92 Å². The number of halogens is 1. The molecule has 1 heterocycles. The van der Waals surface area contributed by atoms with Crippen LogP contribution in [0.2, 0.25) is 0 Å². The number of nitrogens with zero attached hydrogens (tertiary/aromatic N) is 1. The fourth-order valence-corrected chi connectivity index (χ4v) is 2.12. The molecule has 18 heavy (non-hydrogen) atoms. The SMILES string of the molecule is CCC(C)C(N)C(=O)N(CC)CC1CCCO1.Cl. The number of hydrogen-bond donors (Lipinski definition) is 1. The van der Waals surface area contributed by atoms with Gasteiger partial charge in [0, 0.05) is 19.7 Å². The van der Waals surface area contributed by atoms with Crippen molar-refractivity contribution in [2.24, 2.45) is 11.7 Å². The second-order valence-electron chi connectivity index (χ2n) is 4.92. The van der Waals surface area contributed by atoms with Crippen LogP contribution in [0.1, 0.15) is 40.0 Å². The highest BCUT2D eigenvalue weighted by Crippen LogP contribution is 2.15. The van der Waals surface area contributed by atoms with Gasteiger partial charge in [-0.2, -0.15) is 0 Å². The van der Waals surface area contributed by atoms with Gasteiger partial charge in [-0.3, -0.25) is 4.79 Å². The van der Waals surface area contributed by atoms with Crippen LogP contribution in [0.25, 0.3) is 0 Å². The molecule has 2 N–H and O–H groups in total. The van der Waals surface area contributed by atoms with Gasteiger partial charge in [-0.25, -0.2) is 0 Å². The number of hydrogen-bond acceptors (Lipinski definition) is 3. The molecular weight excluding hydrogens is 252 g/mol. The van der Waals surface area contributed by atoms with E-state index < -0.39 is 0 Å². The van der Waals surface area contributed by atoms with Crippen molar-refractivity contribution in [2.75, 3.05) is 19.7 Å². The van der Waals surface area contributed by atoms with Crippen molar-refractivity contribution >= 4 is 18.3 Å². The lowest BCUT2D eigenvalue weighted by Crippen LogP contribution is -2.49. The summed E-state index contributed by atoms with van der Waals surface area (Å²) in [6.07, 6.45) is 3.31. The molecule has 1 aliphatic heterocycles. The van der Waals surface area contributed by atoms with Crippen LogP contribution >= 0.6 is 12.4 Å². The number of rotatable bonds is 6. The molecule has 3 atom stereocenters. The largest absolute Gasteiger partial charge is 0.376 e. The minimum Gasteiger partial charge on any atom is -0.376 e. The predicted molar refractivity (Wildman–Crippen MR) is 75.9 cm³/mol. The van der Waals surface area contributed by atoms with Gasteiger partial charge in [0.2, 0.25) is 5.91 Å². The van der Waals surface area contributed by atoms with Gasteiger partial charge in [-0.05, 0) is 25.7 Å². The summed E-state index contributed by atoms with van der Waals surface area (Å²) in [5.74, 6) is 0.304. The number of nitrogens with two attached hydrogens (primary N) is 1. The van der Waals surface area contributed by atoms with Crippen LogP contribution in [0.3, 0.4) is 0 Å². The van der Waals surface area contributed by atoms with E-state index in [0.717, 1.165) is 25.9 Å². The van der Waals surface area contributed by atoms with Gasteiger partial charge in [-0.1, -0.05) is 20.3 Å². The van der Waals surface area contributed by atoms with Crippen LogP contribution in [-0.2, 0) is 9.53 Å². The Kier molecular flexibility index (Phi) is 8.57. The van der Waals surface area contributed by atoms with Crippen LogP contribution in [0.4, 0.5) is 0 Å². The van der Waals surface area contributed by atoms with E-state index >= 15 is 0 Å². The predicted octanol–water partition coefficient (Wildman–Crippen LogP) is 1.81. The molecule has 0 aromatic rings. The third kappa shape index (κ3) is 4.75. The maximum Gasteiger partial charge on any atom is 0.239 e. The fourth-order valence-electron chi connectivity index (χ4n) is 2.12. The van der Waals surface area contributed by atoms with Gasteiger partial charge in [0.1, 0.15) is 0 Å². The highest BCUT2D eigenvalue weighted by molar-refractivity contribution is 5.85. The zero-order valence-electron chi connectivity index (χ0n) is 11.7. The maximum absolute atomic E-state index is 12.2. The first kappa shape index (κ1) is 17.7. The zero-order chi connectivity index (χ0) is 12.8. The van der Waals surface area contributed by atoms with Gasteiger partial charge in [0.15, 0.2) is 0 Å². The Labute approximate surface area is 117 Å². The van der Waals surface area contributed by atoms with Crippen LogP contribution < -0.4 is 5.73 Å². The van der Waals surface area contributed by atoms with Crippen LogP contribution in [0.5, 0.6) is 0 Å². The van der Waals surface area contributed by atoms with Crippen LogP contribution in [-0.4, -0.2) is 42.6 Å². The number of carbonyl (C=O) groups is 1. The molecule has 0 aliphatic carbocycles. The Morgan fingerprint density at radius 3 is 2.61 bits per heavy atom. The smallest absolute Gasteiger partial charge is 0.239 e. The van der Waals surface area contributed by atoms with Crippen molar-refractivity contribution in [2.45, 2.75) is 52.2 Å². The number of ether oxygens (including phenoxy) is 1. The van der Waals surface area contributed by atoms with E-state index in [1.165, 1.54) is 0 Å². The fraction of sp³-hybridized carbons (Fsp3) is 0.923. The third-order valence-electron chi connectivity index (χ3n) is 3.68. The Morgan fingerprint density at radius 1 is 1.50 bits per heavy atom. The quantitative estimate of drug-likeness (QED) is 0.806. The molecule has 1 amide bonds. The summed E-state index contributed by atoms with van der Waals surface area (Å²) >= 11 is 0. The molecule has 0 aromatic heterocycles. The normalized spacial score (nSPS) is 22.1. The summed E-state index contributed by atoms with van der Waals surface area (Å²) in [5.41, 5.74) is 5.99. The average molecular weight is 279 g/mol. The topological polar surface area (TPSA) is 55.6 Å². The van der Waals surface area contributed by atoms with E-state index in [4.69, 9.17) is 10.5 Å². The number of amides is 1. The molecule has 1 aliphatic rings. The van der Waals surface area contributed by atoms with E-state index in [-0.39, 0.29) is 36.4 Å². The summed E-state index contributed by atoms with van der Waals surface area (Å²) in [7, 11) is 0. The van der Waals surface area contributed by atoms with Crippen molar-refractivity contribution < 1.29 is 9.53 Å². The van der Waals surface area contributed by atoms with Crippen molar-refractivity contribution in [1.29, 1.82) is 0 Å². The van der Waals surface area contributed by atoms with Gasteiger partial charge in [0.25, 0.3) is 0 Å². The summed E-state index contributed by atoms with van der Waals surface area (Å²) < 4.78 is 5.57. The minimum absolute atomic E-state index is 0. The lowest BCUT2D eigenvalue weighted by Gasteiger charge is -2.28. The van der Waals surface area contributed by atoms with E-state index in [1.54, 1.807) is 0 Å². The van der Waals surface area contributed by atoms with Crippen molar-refractivity contribution in [1.82, 2.24) is 4.90 Å². The Morgan fingerprint density at radius 2 is 2.17 bits per heavy atom. The molecule has 0 aromatic carbocycles. The molecule has 0 bridgehead atoms. The minimum atomic E-state index is -0.374. The summed E-state index contributed by atoms with van der Waals surface area (Å²) in [6.45, 7) is 8.32. The Balaban J connectivity index is 0.00000289. The lowest BCUT2D eigenvalue weighted by atomic mass is 9.98. The highest BCUT2D eigenvalue weighted by atomic mass is 35.5. The van der Waals surface area contributed by atoms with Gasteiger partial charge < -0.3 is 15.4 Å². The third-order valence-corrected chi connectivity index (χ3v) is 3.68.